The highest BCUT2D eigenvalue weighted by atomic mass is 16.4. The molecular weight excluding hydrogens is 383 g/mol. The number of carbonyl (C=O) groups excluding carboxylic acids is 2. The van der Waals surface area contributed by atoms with Crippen molar-refractivity contribution in [3.63, 3.8) is 0 Å². The summed E-state index contributed by atoms with van der Waals surface area (Å²) in [5.74, 6) is -2.77. The van der Waals surface area contributed by atoms with E-state index in [1.54, 1.807) is 18.2 Å². The van der Waals surface area contributed by atoms with Gasteiger partial charge in [-0.2, -0.15) is 0 Å². The summed E-state index contributed by atoms with van der Waals surface area (Å²) in [5, 5.41) is 31.7. The predicted octanol–water partition coefficient (Wildman–Crippen LogP) is 1.86. The molecule has 7 nitrogen and oxygen atoms in total. The van der Waals surface area contributed by atoms with Crippen LogP contribution in [0, 0.1) is 11.8 Å². The third kappa shape index (κ3) is 6.76. The Labute approximate surface area is 177 Å². The molecule has 0 unspecified atom stereocenters. The average molecular weight is 412 g/mol. The average Bonchev–Trinajstić information content (AvgIpc) is 2.71. The van der Waals surface area contributed by atoms with Crippen LogP contribution in [0.2, 0.25) is 0 Å². The molecule has 0 fully saturated rings. The second kappa shape index (κ2) is 11.0. The number of aromatic nitrogens is 1. The maximum absolute atomic E-state index is 12.8. The van der Waals surface area contributed by atoms with E-state index in [9.17, 15) is 24.7 Å². The van der Waals surface area contributed by atoms with Crippen LogP contribution in [0.25, 0.3) is 11.3 Å². The zero-order chi connectivity index (χ0) is 22.3. The Hall–Kier alpha value is -2.55. The van der Waals surface area contributed by atoms with Gasteiger partial charge in [-0.15, -0.1) is 0 Å². The first kappa shape index (κ1) is 23.7. The van der Waals surface area contributed by atoms with Crippen LogP contribution in [0.1, 0.15) is 44.1 Å². The number of nitrogens with one attached hydrogen (secondary N) is 1. The van der Waals surface area contributed by atoms with Gasteiger partial charge in [0.25, 0.3) is 0 Å². The lowest BCUT2D eigenvalue weighted by Gasteiger charge is -2.24. The highest BCUT2D eigenvalue weighted by Crippen LogP contribution is 2.19. The van der Waals surface area contributed by atoms with Crippen LogP contribution in [0.5, 0.6) is 0 Å². The standard InChI is InChI=1S/C22H29BN2O5/c1-14(2)12-21(23(29)30)25-22(28)17(15(3)26)13-20(27)19-11-7-10-18(24-19)16-8-5-4-6-9-16/h4-11,14-15,17,21,26,29-30H,12-13H2,1-3H3,(H,25,28)/t15-,17+,21+/m1/s1. The van der Waals surface area contributed by atoms with Gasteiger partial charge in [0.05, 0.1) is 23.7 Å². The van der Waals surface area contributed by atoms with Gasteiger partial charge in [0.1, 0.15) is 5.69 Å². The Balaban J connectivity index is 2.14. The molecule has 1 amide bonds. The van der Waals surface area contributed by atoms with Gasteiger partial charge in [0.2, 0.25) is 5.91 Å². The van der Waals surface area contributed by atoms with Crippen molar-refractivity contribution >= 4 is 18.8 Å². The lowest BCUT2D eigenvalue weighted by atomic mass is 9.74. The van der Waals surface area contributed by atoms with Gasteiger partial charge in [-0.05, 0) is 31.4 Å². The Kier molecular flexibility index (Phi) is 8.71. The molecule has 1 aromatic carbocycles. The van der Waals surface area contributed by atoms with Gasteiger partial charge in [0, 0.05) is 12.0 Å². The van der Waals surface area contributed by atoms with Crippen LogP contribution in [0.3, 0.4) is 0 Å². The molecule has 0 aliphatic heterocycles. The topological polar surface area (TPSA) is 120 Å². The Bertz CT molecular complexity index is 842. The molecule has 1 aromatic heterocycles. The van der Waals surface area contributed by atoms with Crippen LogP contribution in [-0.4, -0.2) is 51.0 Å². The summed E-state index contributed by atoms with van der Waals surface area (Å²) in [7, 11) is -1.73. The summed E-state index contributed by atoms with van der Waals surface area (Å²) in [6, 6.07) is 14.5. The van der Waals surface area contributed by atoms with E-state index in [1.165, 1.54) is 6.92 Å². The molecule has 3 atom stereocenters. The molecule has 160 valence electrons. The minimum absolute atomic E-state index is 0.119. The molecule has 0 bridgehead atoms. The van der Waals surface area contributed by atoms with Gasteiger partial charge < -0.3 is 20.5 Å². The fraction of sp³-hybridized carbons (Fsp3) is 0.409. The predicted molar refractivity (Wildman–Crippen MR) is 115 cm³/mol. The first-order valence-corrected chi connectivity index (χ1v) is 10.1. The van der Waals surface area contributed by atoms with E-state index in [0.717, 1.165) is 5.56 Å². The van der Waals surface area contributed by atoms with Crippen molar-refractivity contribution in [2.24, 2.45) is 11.8 Å². The summed E-state index contributed by atoms with van der Waals surface area (Å²) in [4.78, 5) is 29.9. The van der Waals surface area contributed by atoms with E-state index in [0.29, 0.717) is 12.1 Å². The smallest absolute Gasteiger partial charge is 0.426 e. The molecule has 0 aliphatic carbocycles. The van der Waals surface area contributed by atoms with Crippen molar-refractivity contribution in [1.82, 2.24) is 10.3 Å². The molecule has 1 heterocycles. The van der Waals surface area contributed by atoms with Crippen LogP contribution in [0.15, 0.2) is 48.5 Å². The van der Waals surface area contributed by atoms with E-state index in [2.05, 4.69) is 10.3 Å². The number of aliphatic hydroxyl groups is 1. The summed E-state index contributed by atoms with van der Waals surface area (Å²) >= 11 is 0. The van der Waals surface area contributed by atoms with Crippen molar-refractivity contribution in [1.29, 1.82) is 0 Å². The largest absolute Gasteiger partial charge is 0.475 e. The molecule has 0 saturated carbocycles. The Morgan fingerprint density at radius 2 is 1.70 bits per heavy atom. The summed E-state index contributed by atoms with van der Waals surface area (Å²) in [6.45, 7) is 5.21. The van der Waals surface area contributed by atoms with E-state index in [-0.39, 0.29) is 23.8 Å². The Morgan fingerprint density at radius 1 is 1.03 bits per heavy atom. The molecule has 0 radical (unpaired) electrons. The number of ketones is 1. The lowest BCUT2D eigenvalue weighted by Crippen LogP contribution is -2.50. The van der Waals surface area contributed by atoms with E-state index < -0.39 is 31.0 Å². The molecule has 2 aromatic rings. The third-order valence-electron chi connectivity index (χ3n) is 4.84. The summed E-state index contributed by atoms with van der Waals surface area (Å²) < 4.78 is 0. The van der Waals surface area contributed by atoms with Crippen molar-refractivity contribution in [2.45, 2.75) is 45.7 Å². The molecule has 4 N–H and O–H groups in total. The van der Waals surface area contributed by atoms with Crippen LogP contribution in [0.4, 0.5) is 0 Å². The lowest BCUT2D eigenvalue weighted by molar-refractivity contribution is -0.128. The van der Waals surface area contributed by atoms with Crippen molar-refractivity contribution in [3.05, 3.63) is 54.2 Å². The second-order valence-electron chi connectivity index (χ2n) is 7.91. The number of pyridine rings is 1. The van der Waals surface area contributed by atoms with Crippen LogP contribution < -0.4 is 5.32 Å². The van der Waals surface area contributed by atoms with E-state index in [1.807, 2.05) is 44.2 Å². The quantitative estimate of drug-likeness (QED) is 0.349. The fourth-order valence-corrected chi connectivity index (χ4v) is 3.20. The van der Waals surface area contributed by atoms with Gasteiger partial charge in [-0.1, -0.05) is 50.2 Å². The molecular formula is C22H29BN2O5. The molecule has 30 heavy (non-hydrogen) atoms. The Morgan fingerprint density at radius 3 is 2.27 bits per heavy atom. The maximum Gasteiger partial charge on any atom is 0.475 e. The number of benzene rings is 1. The number of rotatable bonds is 10. The highest BCUT2D eigenvalue weighted by Gasteiger charge is 2.32. The third-order valence-corrected chi connectivity index (χ3v) is 4.84. The van der Waals surface area contributed by atoms with Crippen LogP contribution >= 0.6 is 0 Å². The minimum atomic E-state index is -1.73. The van der Waals surface area contributed by atoms with E-state index in [4.69, 9.17) is 0 Å². The number of hydrogen-bond donors (Lipinski definition) is 4. The maximum atomic E-state index is 12.8. The van der Waals surface area contributed by atoms with E-state index >= 15 is 0 Å². The fourth-order valence-electron chi connectivity index (χ4n) is 3.20. The highest BCUT2D eigenvalue weighted by molar-refractivity contribution is 6.43. The molecule has 0 aliphatic rings. The van der Waals surface area contributed by atoms with Crippen molar-refractivity contribution < 1.29 is 24.7 Å². The van der Waals surface area contributed by atoms with Gasteiger partial charge in [-0.3, -0.25) is 9.59 Å². The number of Topliss-reactive ketones (excluding diaryl/α,β-unsaturated/α-hetero) is 1. The number of aliphatic hydroxyl groups excluding tert-OH is 1. The SMILES string of the molecule is CC(C)C[C@H](NC(=O)[C@@H](CC(=O)c1cccc(-c2ccccc2)n1)[C@@H](C)O)B(O)O. The molecule has 2 rings (SSSR count). The summed E-state index contributed by atoms with van der Waals surface area (Å²) in [6.07, 6.45) is -0.989. The first-order valence-electron chi connectivity index (χ1n) is 10.1. The van der Waals surface area contributed by atoms with Gasteiger partial charge in [0.15, 0.2) is 5.78 Å². The second-order valence-corrected chi connectivity index (χ2v) is 7.91. The monoisotopic (exact) mass is 412 g/mol. The van der Waals surface area contributed by atoms with Crippen molar-refractivity contribution in [2.75, 3.05) is 0 Å². The zero-order valence-electron chi connectivity index (χ0n) is 17.5. The normalized spacial score (nSPS) is 14.1. The molecule has 8 heteroatoms. The molecule has 0 spiro atoms. The summed E-state index contributed by atoms with van der Waals surface area (Å²) in [5.41, 5.74) is 1.71. The first-order chi connectivity index (χ1) is 14.2. The number of nitrogens with zero attached hydrogens (tertiary/aromatic N) is 1. The van der Waals surface area contributed by atoms with Crippen molar-refractivity contribution in [3.8, 4) is 11.3 Å². The van der Waals surface area contributed by atoms with Gasteiger partial charge in [-0.25, -0.2) is 4.98 Å². The number of amides is 1. The number of hydrogen-bond acceptors (Lipinski definition) is 6. The molecule has 0 saturated heterocycles. The van der Waals surface area contributed by atoms with Crippen LogP contribution in [-0.2, 0) is 4.79 Å². The minimum Gasteiger partial charge on any atom is -0.426 e. The number of carbonyl (C=O) groups is 2. The van der Waals surface area contributed by atoms with Gasteiger partial charge >= 0.3 is 7.12 Å². The zero-order valence-corrected chi connectivity index (χ0v) is 17.5.